The third-order valence-corrected chi connectivity index (χ3v) is 5.30. The molecule has 1 atom stereocenters. The number of rotatable bonds is 7. The lowest BCUT2D eigenvalue weighted by Gasteiger charge is -2.19. The zero-order chi connectivity index (χ0) is 15.2. The van der Waals surface area contributed by atoms with E-state index in [0.717, 1.165) is 51.0 Å². The lowest BCUT2D eigenvalue weighted by molar-refractivity contribution is -0.145. The zero-order valence-corrected chi connectivity index (χ0v) is 14.2. The maximum atomic E-state index is 12.1. The molecule has 0 spiro atoms. The van der Waals surface area contributed by atoms with Crippen LogP contribution in [0.15, 0.2) is 0 Å². The summed E-state index contributed by atoms with van der Waals surface area (Å²) in [5, 5.41) is 1.17. The molecule has 1 aromatic rings. The summed E-state index contributed by atoms with van der Waals surface area (Å²) in [5.74, 6) is -0.230. The second-order valence-electron chi connectivity index (χ2n) is 5.39. The molecule has 1 aliphatic rings. The largest absolute Gasteiger partial charge is 0.465 e. The molecule has 0 aromatic carbocycles. The highest BCUT2D eigenvalue weighted by Gasteiger charge is 2.31. The zero-order valence-electron chi connectivity index (χ0n) is 13.4. The lowest BCUT2D eigenvalue weighted by atomic mass is 9.91. The van der Waals surface area contributed by atoms with Crippen molar-refractivity contribution in [1.29, 1.82) is 0 Å². The Kier molecular flexibility index (Phi) is 6.18. The van der Waals surface area contributed by atoms with E-state index in [9.17, 15) is 4.79 Å². The molecule has 0 amide bonds. The van der Waals surface area contributed by atoms with Gasteiger partial charge in [0.05, 0.1) is 17.3 Å². The molecule has 2 rings (SSSR count). The van der Waals surface area contributed by atoms with Gasteiger partial charge in [-0.15, -0.1) is 11.3 Å². The number of aromatic nitrogens is 1. The van der Waals surface area contributed by atoms with Crippen molar-refractivity contribution in [3.8, 4) is 0 Å². The fourth-order valence-corrected chi connectivity index (χ4v) is 4.00. The highest BCUT2D eigenvalue weighted by Crippen LogP contribution is 2.35. The van der Waals surface area contributed by atoms with E-state index in [4.69, 9.17) is 9.72 Å². The number of fused-ring (bicyclic) bond motifs is 1. The third-order valence-electron chi connectivity index (χ3n) is 4.11. The van der Waals surface area contributed by atoms with Crippen molar-refractivity contribution in [2.24, 2.45) is 0 Å². The summed E-state index contributed by atoms with van der Waals surface area (Å²) in [7, 11) is 0. The minimum Gasteiger partial charge on any atom is -0.465 e. The molecular weight excluding hydrogens is 284 g/mol. The second-order valence-corrected chi connectivity index (χ2v) is 6.56. The number of nitrogens with zero attached hydrogens (tertiary/aromatic N) is 2. The van der Waals surface area contributed by atoms with Gasteiger partial charge in [-0.25, -0.2) is 4.98 Å². The monoisotopic (exact) mass is 310 g/mol. The summed E-state index contributed by atoms with van der Waals surface area (Å²) in [6, 6.07) is 0. The van der Waals surface area contributed by atoms with E-state index < -0.39 is 0 Å². The number of likely N-dealkylation sites (N-methyl/N-ethyl adjacent to an activating group) is 1. The first-order chi connectivity index (χ1) is 10.2. The molecule has 0 radical (unpaired) electrons. The van der Waals surface area contributed by atoms with Gasteiger partial charge in [-0.3, -0.25) is 4.79 Å². The predicted octanol–water partition coefficient (Wildman–Crippen LogP) is 3.01. The summed E-state index contributed by atoms with van der Waals surface area (Å²) in [6.07, 6.45) is 3.99. The first-order valence-electron chi connectivity index (χ1n) is 8.07. The summed E-state index contributed by atoms with van der Waals surface area (Å²) in [6.45, 7) is 9.88. The summed E-state index contributed by atoms with van der Waals surface area (Å²) >= 11 is 1.79. The molecule has 1 aliphatic carbocycles. The van der Waals surface area contributed by atoms with E-state index in [0.29, 0.717) is 6.61 Å². The van der Waals surface area contributed by atoms with Crippen LogP contribution in [0.5, 0.6) is 0 Å². The van der Waals surface area contributed by atoms with Gasteiger partial charge in [0.15, 0.2) is 0 Å². The predicted molar refractivity (Wildman–Crippen MR) is 85.9 cm³/mol. The molecule has 1 aromatic heterocycles. The SMILES string of the molecule is CCOC(=O)C1CCCc2sc(CCN(CC)CC)nc21. The Balaban J connectivity index is 2.06. The van der Waals surface area contributed by atoms with E-state index in [2.05, 4.69) is 18.7 Å². The minimum atomic E-state index is -0.132. The van der Waals surface area contributed by atoms with Crippen LogP contribution in [0.3, 0.4) is 0 Å². The summed E-state index contributed by atoms with van der Waals surface area (Å²) in [5.41, 5.74) is 0.999. The number of thiazole rings is 1. The second kappa shape index (κ2) is 7.90. The Hall–Kier alpha value is -0.940. The third kappa shape index (κ3) is 4.04. The molecule has 1 heterocycles. The van der Waals surface area contributed by atoms with Crippen molar-refractivity contribution in [1.82, 2.24) is 9.88 Å². The van der Waals surface area contributed by atoms with Crippen molar-refractivity contribution in [2.45, 2.75) is 52.4 Å². The van der Waals surface area contributed by atoms with Gasteiger partial charge in [0.1, 0.15) is 5.92 Å². The van der Waals surface area contributed by atoms with E-state index in [1.165, 1.54) is 9.88 Å². The first-order valence-corrected chi connectivity index (χ1v) is 8.88. The van der Waals surface area contributed by atoms with Crippen molar-refractivity contribution in [3.63, 3.8) is 0 Å². The standard InChI is InChI=1S/C16H26N2O2S/c1-4-18(5-2)11-10-14-17-15-12(16(19)20-6-3)8-7-9-13(15)21-14/h12H,4-11H2,1-3H3. The van der Waals surface area contributed by atoms with E-state index in [-0.39, 0.29) is 11.9 Å². The maximum Gasteiger partial charge on any atom is 0.315 e. The van der Waals surface area contributed by atoms with Crippen LogP contribution >= 0.6 is 11.3 Å². The van der Waals surface area contributed by atoms with Crippen molar-refractivity contribution in [3.05, 3.63) is 15.6 Å². The number of ether oxygens (including phenoxy) is 1. The fraction of sp³-hybridized carbons (Fsp3) is 0.750. The van der Waals surface area contributed by atoms with Gasteiger partial charge in [-0.1, -0.05) is 13.8 Å². The van der Waals surface area contributed by atoms with Crippen molar-refractivity contribution in [2.75, 3.05) is 26.2 Å². The number of hydrogen-bond donors (Lipinski definition) is 0. The van der Waals surface area contributed by atoms with Gasteiger partial charge < -0.3 is 9.64 Å². The lowest BCUT2D eigenvalue weighted by Crippen LogP contribution is -2.25. The van der Waals surface area contributed by atoms with Crippen LogP contribution in [0.1, 0.15) is 55.1 Å². The van der Waals surface area contributed by atoms with Gasteiger partial charge in [-0.2, -0.15) is 0 Å². The van der Waals surface area contributed by atoms with Crippen molar-refractivity contribution < 1.29 is 9.53 Å². The van der Waals surface area contributed by atoms with Crippen LogP contribution in [0.25, 0.3) is 0 Å². The smallest absolute Gasteiger partial charge is 0.315 e. The number of aryl methyl sites for hydroxylation is 1. The van der Waals surface area contributed by atoms with E-state index in [1.807, 2.05) is 6.92 Å². The Morgan fingerprint density at radius 1 is 1.38 bits per heavy atom. The van der Waals surface area contributed by atoms with Crippen LogP contribution in [0.2, 0.25) is 0 Å². The van der Waals surface area contributed by atoms with E-state index in [1.54, 1.807) is 11.3 Å². The van der Waals surface area contributed by atoms with Crippen LogP contribution in [-0.4, -0.2) is 42.1 Å². The Bertz CT molecular complexity index is 469. The van der Waals surface area contributed by atoms with Crippen LogP contribution in [0.4, 0.5) is 0 Å². The van der Waals surface area contributed by atoms with Gasteiger partial charge >= 0.3 is 5.97 Å². The highest BCUT2D eigenvalue weighted by atomic mass is 32.1. The average molecular weight is 310 g/mol. The Morgan fingerprint density at radius 3 is 2.81 bits per heavy atom. The molecule has 0 aliphatic heterocycles. The van der Waals surface area contributed by atoms with Crippen LogP contribution in [0, 0.1) is 0 Å². The first kappa shape index (κ1) is 16.4. The molecular formula is C16H26N2O2S. The van der Waals surface area contributed by atoms with E-state index >= 15 is 0 Å². The minimum absolute atomic E-state index is 0.0981. The van der Waals surface area contributed by atoms with Gasteiger partial charge in [-0.05, 0) is 39.3 Å². The normalized spacial score (nSPS) is 17.8. The highest BCUT2D eigenvalue weighted by molar-refractivity contribution is 7.11. The van der Waals surface area contributed by atoms with Gasteiger partial charge in [0, 0.05) is 17.8 Å². The molecule has 0 fully saturated rings. The molecule has 4 nitrogen and oxygen atoms in total. The topological polar surface area (TPSA) is 42.4 Å². The molecule has 0 saturated heterocycles. The fourth-order valence-electron chi connectivity index (χ4n) is 2.84. The molecule has 0 bridgehead atoms. The number of carbonyl (C=O) groups excluding carboxylic acids is 1. The molecule has 0 saturated carbocycles. The number of carbonyl (C=O) groups is 1. The van der Waals surface area contributed by atoms with Crippen LogP contribution in [-0.2, 0) is 22.4 Å². The van der Waals surface area contributed by atoms with Gasteiger partial charge in [0.2, 0.25) is 0 Å². The average Bonchev–Trinajstić information content (AvgIpc) is 2.91. The molecule has 1 unspecified atom stereocenters. The van der Waals surface area contributed by atoms with Crippen LogP contribution < -0.4 is 0 Å². The molecule has 0 N–H and O–H groups in total. The number of esters is 1. The maximum absolute atomic E-state index is 12.1. The Labute approximate surface area is 131 Å². The number of hydrogen-bond acceptors (Lipinski definition) is 5. The molecule has 118 valence electrons. The summed E-state index contributed by atoms with van der Waals surface area (Å²) in [4.78, 5) is 20.5. The Morgan fingerprint density at radius 2 is 2.14 bits per heavy atom. The molecule has 5 heteroatoms. The van der Waals surface area contributed by atoms with Gasteiger partial charge in [0.25, 0.3) is 0 Å². The van der Waals surface area contributed by atoms with Crippen molar-refractivity contribution >= 4 is 17.3 Å². The summed E-state index contributed by atoms with van der Waals surface area (Å²) < 4.78 is 5.20. The quantitative estimate of drug-likeness (QED) is 0.726. The molecule has 21 heavy (non-hydrogen) atoms.